The largest absolute Gasteiger partial charge is 0.379 e. The molecule has 0 spiro atoms. The van der Waals surface area contributed by atoms with Crippen LogP contribution in [0.2, 0.25) is 0 Å². The van der Waals surface area contributed by atoms with E-state index < -0.39 is 15.9 Å². The van der Waals surface area contributed by atoms with Crippen molar-refractivity contribution in [2.75, 3.05) is 42.9 Å². The fraction of sp³-hybridized carbons (Fsp3) is 0.391. The summed E-state index contributed by atoms with van der Waals surface area (Å²) in [6.07, 6.45) is -0.0213. The van der Waals surface area contributed by atoms with Crippen LogP contribution >= 0.6 is 0 Å². The molecule has 2 amide bonds. The fourth-order valence-corrected chi connectivity index (χ4v) is 5.50. The first-order valence-electron chi connectivity index (χ1n) is 10.7. The predicted octanol–water partition coefficient (Wildman–Crippen LogP) is 1.86. The van der Waals surface area contributed by atoms with E-state index in [0.717, 1.165) is 23.0 Å². The van der Waals surface area contributed by atoms with Gasteiger partial charge in [0.2, 0.25) is 15.9 Å². The number of hydrogen-bond acceptors (Lipinski definition) is 6. The quantitative estimate of drug-likeness (QED) is 0.712. The number of nitrogens with zero attached hydrogens (tertiary/aromatic N) is 2. The maximum Gasteiger partial charge on any atom is 0.251 e. The molecular weight excluding hydrogens is 430 g/mol. The van der Waals surface area contributed by atoms with E-state index in [2.05, 4.69) is 34.5 Å². The first kappa shape index (κ1) is 22.4. The molecule has 2 aliphatic heterocycles. The van der Waals surface area contributed by atoms with Crippen molar-refractivity contribution < 1.29 is 22.7 Å². The van der Waals surface area contributed by atoms with Gasteiger partial charge >= 0.3 is 0 Å². The molecule has 1 N–H and O–H groups in total. The highest BCUT2D eigenvalue weighted by Crippen LogP contribution is 2.26. The average molecular weight is 458 g/mol. The van der Waals surface area contributed by atoms with E-state index in [1.54, 1.807) is 12.1 Å². The van der Waals surface area contributed by atoms with Crippen molar-refractivity contribution in [3.05, 3.63) is 65.2 Å². The van der Waals surface area contributed by atoms with E-state index >= 15 is 0 Å². The number of carbonyl (C=O) groups excluding carboxylic acids is 2. The number of sulfonamides is 1. The van der Waals surface area contributed by atoms with Crippen molar-refractivity contribution in [2.45, 2.75) is 19.4 Å². The highest BCUT2D eigenvalue weighted by atomic mass is 32.2. The van der Waals surface area contributed by atoms with E-state index in [9.17, 15) is 18.0 Å². The summed E-state index contributed by atoms with van der Waals surface area (Å²) in [5, 5.41) is 3.00. The Hall–Kier alpha value is -2.75. The van der Waals surface area contributed by atoms with Gasteiger partial charge in [0.1, 0.15) is 0 Å². The number of aryl methyl sites for hydroxylation is 1. The van der Waals surface area contributed by atoms with Crippen LogP contribution in [0.25, 0.3) is 0 Å². The number of anilines is 1. The van der Waals surface area contributed by atoms with Crippen molar-refractivity contribution >= 4 is 27.5 Å². The number of amides is 2. The molecule has 32 heavy (non-hydrogen) atoms. The zero-order valence-corrected chi connectivity index (χ0v) is 18.8. The van der Waals surface area contributed by atoms with Crippen molar-refractivity contribution in [1.82, 2.24) is 10.2 Å². The van der Waals surface area contributed by atoms with Crippen LogP contribution in [0.1, 0.15) is 33.9 Å². The normalized spacial score (nSPS) is 19.7. The van der Waals surface area contributed by atoms with Crippen LogP contribution in [-0.4, -0.2) is 63.7 Å². The van der Waals surface area contributed by atoms with Crippen molar-refractivity contribution in [3.63, 3.8) is 0 Å². The van der Waals surface area contributed by atoms with Gasteiger partial charge in [-0.15, -0.1) is 0 Å². The van der Waals surface area contributed by atoms with Gasteiger partial charge in [0.15, 0.2) is 0 Å². The van der Waals surface area contributed by atoms with Gasteiger partial charge in [-0.1, -0.05) is 29.8 Å². The highest BCUT2D eigenvalue weighted by Gasteiger charge is 2.36. The average Bonchev–Trinajstić information content (AvgIpc) is 3.08. The summed E-state index contributed by atoms with van der Waals surface area (Å²) in [5.74, 6) is -0.887. The molecule has 4 rings (SSSR count). The lowest BCUT2D eigenvalue weighted by molar-refractivity contribution is -0.116. The Balaban J connectivity index is 1.46. The molecule has 8 nitrogen and oxygen atoms in total. The number of morpholine rings is 1. The van der Waals surface area contributed by atoms with E-state index in [-0.39, 0.29) is 29.8 Å². The molecular formula is C23H27N3O5S. The van der Waals surface area contributed by atoms with Crippen LogP contribution in [-0.2, 0) is 19.6 Å². The van der Waals surface area contributed by atoms with Gasteiger partial charge in [-0.2, -0.15) is 0 Å². The molecule has 2 aliphatic rings. The first-order valence-corrected chi connectivity index (χ1v) is 12.3. The zero-order chi connectivity index (χ0) is 22.7. The van der Waals surface area contributed by atoms with Gasteiger partial charge in [-0.25, -0.2) is 12.7 Å². The van der Waals surface area contributed by atoms with Crippen LogP contribution < -0.4 is 9.62 Å². The van der Waals surface area contributed by atoms with E-state index in [1.807, 2.05) is 6.92 Å². The maximum absolute atomic E-state index is 12.8. The molecule has 2 fully saturated rings. The second-order valence-corrected chi connectivity index (χ2v) is 9.99. The van der Waals surface area contributed by atoms with Gasteiger partial charge in [0.25, 0.3) is 5.91 Å². The van der Waals surface area contributed by atoms with E-state index in [4.69, 9.17) is 4.74 Å². The summed E-state index contributed by atoms with van der Waals surface area (Å²) in [7, 11) is -3.62. The third-order valence-electron chi connectivity index (χ3n) is 5.85. The molecule has 0 aliphatic carbocycles. The second-order valence-electron chi connectivity index (χ2n) is 8.06. The Morgan fingerprint density at radius 2 is 1.72 bits per heavy atom. The Morgan fingerprint density at radius 1 is 1.06 bits per heavy atom. The second kappa shape index (κ2) is 9.40. The topological polar surface area (TPSA) is 96.0 Å². The van der Waals surface area contributed by atoms with Crippen molar-refractivity contribution in [1.29, 1.82) is 0 Å². The van der Waals surface area contributed by atoms with Gasteiger partial charge in [0, 0.05) is 31.6 Å². The minimum absolute atomic E-state index is 0.0213. The van der Waals surface area contributed by atoms with Crippen LogP contribution in [0.5, 0.6) is 0 Å². The third kappa shape index (κ3) is 4.85. The van der Waals surface area contributed by atoms with Crippen LogP contribution in [0.15, 0.2) is 48.5 Å². The van der Waals surface area contributed by atoms with Gasteiger partial charge in [0.05, 0.1) is 30.7 Å². The minimum atomic E-state index is -3.62. The van der Waals surface area contributed by atoms with E-state index in [0.29, 0.717) is 25.3 Å². The van der Waals surface area contributed by atoms with Crippen LogP contribution in [0.3, 0.4) is 0 Å². The molecule has 0 radical (unpaired) electrons. The summed E-state index contributed by atoms with van der Waals surface area (Å²) in [6.45, 7) is 5.39. The maximum atomic E-state index is 12.8. The molecule has 170 valence electrons. The Morgan fingerprint density at radius 3 is 2.31 bits per heavy atom. The SMILES string of the molecule is Cc1ccc(C(CNC(=O)c2ccc(N3C(=O)CCS3(=O)=O)cc2)N2CCOCC2)cc1. The minimum Gasteiger partial charge on any atom is -0.379 e. The summed E-state index contributed by atoms with van der Waals surface area (Å²) in [4.78, 5) is 27.0. The number of rotatable bonds is 6. The smallest absolute Gasteiger partial charge is 0.251 e. The Kier molecular flexibility index (Phi) is 6.59. The molecule has 2 aromatic rings. The number of carbonyl (C=O) groups is 2. The molecule has 0 aromatic heterocycles. The molecule has 2 saturated heterocycles. The third-order valence-corrected chi connectivity index (χ3v) is 7.54. The van der Waals surface area contributed by atoms with Gasteiger partial charge < -0.3 is 10.1 Å². The Labute approximate surface area is 188 Å². The van der Waals surface area contributed by atoms with Crippen LogP contribution in [0.4, 0.5) is 5.69 Å². The van der Waals surface area contributed by atoms with E-state index in [1.165, 1.54) is 17.7 Å². The van der Waals surface area contributed by atoms with Gasteiger partial charge in [-0.3, -0.25) is 14.5 Å². The highest BCUT2D eigenvalue weighted by molar-refractivity contribution is 7.94. The summed E-state index contributed by atoms with van der Waals surface area (Å²) in [5.41, 5.74) is 2.97. The molecule has 9 heteroatoms. The molecule has 1 unspecified atom stereocenters. The predicted molar refractivity (Wildman–Crippen MR) is 121 cm³/mol. The van der Waals surface area contributed by atoms with Gasteiger partial charge in [-0.05, 0) is 36.8 Å². The lowest BCUT2D eigenvalue weighted by Gasteiger charge is -2.35. The Bertz CT molecular complexity index is 1080. The van der Waals surface area contributed by atoms with Crippen molar-refractivity contribution in [2.24, 2.45) is 0 Å². The number of ether oxygens (including phenoxy) is 1. The molecule has 2 heterocycles. The molecule has 1 atom stereocenters. The summed E-state index contributed by atoms with van der Waals surface area (Å²) < 4.78 is 30.5. The zero-order valence-electron chi connectivity index (χ0n) is 18.0. The summed E-state index contributed by atoms with van der Waals surface area (Å²) in [6, 6.07) is 14.4. The standard InChI is InChI=1S/C23H27N3O5S/c1-17-2-4-18(5-3-17)21(25-11-13-31-14-12-25)16-24-23(28)19-6-8-20(9-7-19)26-22(27)10-15-32(26,29)30/h2-9,21H,10-16H2,1H3,(H,24,28). The lowest BCUT2D eigenvalue weighted by Crippen LogP contribution is -2.43. The molecule has 0 bridgehead atoms. The fourth-order valence-electron chi connectivity index (χ4n) is 4.04. The molecule has 0 saturated carbocycles. The number of hydrogen-bond donors (Lipinski definition) is 1. The molecule has 2 aromatic carbocycles. The number of benzene rings is 2. The monoisotopic (exact) mass is 457 g/mol. The van der Waals surface area contributed by atoms with Crippen molar-refractivity contribution in [3.8, 4) is 0 Å². The first-order chi connectivity index (χ1) is 15.3. The number of nitrogens with one attached hydrogen (secondary N) is 1. The lowest BCUT2D eigenvalue weighted by atomic mass is 10.0. The summed E-state index contributed by atoms with van der Waals surface area (Å²) >= 11 is 0. The van der Waals surface area contributed by atoms with Crippen LogP contribution in [0, 0.1) is 6.92 Å².